The molecule has 6 nitrogen and oxygen atoms in total. The predicted molar refractivity (Wildman–Crippen MR) is 72.1 cm³/mol. The standard InChI is InChI=1S/C13H18N4O2/c18-17(19)13-4-3-11(9-14-13)15-10-5-7-16-6-1-2-12(16)8-10/h3-4,9-10,12,15H,1-2,5-8H2. The van der Waals surface area contributed by atoms with Crippen LogP contribution in [0.1, 0.15) is 25.7 Å². The van der Waals surface area contributed by atoms with E-state index in [0.717, 1.165) is 31.1 Å². The molecule has 1 N–H and O–H groups in total. The van der Waals surface area contributed by atoms with E-state index in [9.17, 15) is 10.1 Å². The number of piperidine rings is 1. The van der Waals surface area contributed by atoms with Crippen molar-refractivity contribution in [1.82, 2.24) is 9.88 Å². The van der Waals surface area contributed by atoms with Gasteiger partial charge in [-0.1, -0.05) is 0 Å². The lowest BCUT2D eigenvalue weighted by Gasteiger charge is -2.35. The molecule has 2 aliphatic rings. The zero-order chi connectivity index (χ0) is 13.2. The largest absolute Gasteiger partial charge is 0.379 e. The van der Waals surface area contributed by atoms with E-state index in [-0.39, 0.29) is 5.82 Å². The molecule has 2 atom stereocenters. The molecule has 0 bridgehead atoms. The molecule has 2 saturated heterocycles. The van der Waals surface area contributed by atoms with Gasteiger partial charge in [-0.15, -0.1) is 0 Å². The van der Waals surface area contributed by atoms with Crippen molar-refractivity contribution in [2.24, 2.45) is 0 Å². The summed E-state index contributed by atoms with van der Waals surface area (Å²) in [6, 6.07) is 4.37. The maximum atomic E-state index is 10.5. The molecule has 6 heteroatoms. The number of fused-ring (bicyclic) bond motifs is 1. The molecule has 3 heterocycles. The predicted octanol–water partition coefficient (Wildman–Crippen LogP) is 2.03. The van der Waals surface area contributed by atoms with Gasteiger partial charge in [-0.3, -0.25) is 0 Å². The molecule has 19 heavy (non-hydrogen) atoms. The van der Waals surface area contributed by atoms with Crippen molar-refractivity contribution in [2.75, 3.05) is 18.4 Å². The highest BCUT2D eigenvalue weighted by atomic mass is 16.6. The molecule has 2 aliphatic heterocycles. The Bertz CT molecular complexity index is 462. The van der Waals surface area contributed by atoms with Crippen molar-refractivity contribution < 1.29 is 4.92 Å². The van der Waals surface area contributed by atoms with Crippen LogP contribution in [0.3, 0.4) is 0 Å². The van der Waals surface area contributed by atoms with Crippen molar-refractivity contribution in [1.29, 1.82) is 0 Å². The molecule has 2 fully saturated rings. The van der Waals surface area contributed by atoms with E-state index in [0.29, 0.717) is 6.04 Å². The van der Waals surface area contributed by atoms with Crippen LogP contribution in [0.2, 0.25) is 0 Å². The molecule has 1 aromatic heterocycles. The molecule has 102 valence electrons. The van der Waals surface area contributed by atoms with Crippen molar-refractivity contribution in [2.45, 2.75) is 37.8 Å². The highest BCUT2D eigenvalue weighted by molar-refractivity contribution is 5.44. The molecular formula is C13H18N4O2. The Kier molecular flexibility index (Phi) is 3.33. The van der Waals surface area contributed by atoms with Crippen LogP contribution in [0.5, 0.6) is 0 Å². The first-order valence-corrected chi connectivity index (χ1v) is 6.83. The lowest BCUT2D eigenvalue weighted by Crippen LogP contribution is -2.42. The molecule has 0 aliphatic carbocycles. The molecule has 0 spiro atoms. The number of nitro groups is 1. The number of anilines is 1. The van der Waals surface area contributed by atoms with E-state index < -0.39 is 4.92 Å². The summed E-state index contributed by atoms with van der Waals surface area (Å²) in [5.41, 5.74) is 0.877. The van der Waals surface area contributed by atoms with Crippen molar-refractivity contribution in [3.8, 4) is 0 Å². The molecule has 3 rings (SSSR count). The zero-order valence-electron chi connectivity index (χ0n) is 10.8. The average Bonchev–Trinajstić information content (AvgIpc) is 2.87. The minimum Gasteiger partial charge on any atom is -0.379 e. The van der Waals surface area contributed by atoms with Crippen LogP contribution in [0.15, 0.2) is 18.3 Å². The van der Waals surface area contributed by atoms with Crippen LogP contribution in [0, 0.1) is 10.1 Å². The highest BCUT2D eigenvalue weighted by Gasteiger charge is 2.31. The fourth-order valence-corrected chi connectivity index (χ4v) is 3.17. The van der Waals surface area contributed by atoms with Gasteiger partial charge in [0.2, 0.25) is 0 Å². The molecule has 0 aromatic carbocycles. The number of hydrogen-bond acceptors (Lipinski definition) is 5. The summed E-state index contributed by atoms with van der Waals surface area (Å²) in [7, 11) is 0. The van der Waals surface area contributed by atoms with Crippen molar-refractivity contribution in [3.63, 3.8) is 0 Å². The van der Waals surface area contributed by atoms with Gasteiger partial charge in [0.05, 0.1) is 5.69 Å². The smallest absolute Gasteiger partial charge is 0.363 e. The molecule has 0 amide bonds. The number of hydrogen-bond donors (Lipinski definition) is 1. The second-order valence-corrected chi connectivity index (χ2v) is 5.36. The molecule has 1 aromatic rings. The minimum atomic E-state index is -0.471. The van der Waals surface area contributed by atoms with Gasteiger partial charge in [-0.05, 0) is 48.2 Å². The van der Waals surface area contributed by atoms with E-state index in [1.165, 1.54) is 25.5 Å². The molecule has 2 unspecified atom stereocenters. The Morgan fingerprint density at radius 3 is 3.00 bits per heavy atom. The van der Waals surface area contributed by atoms with Gasteiger partial charge in [0, 0.05) is 24.7 Å². The summed E-state index contributed by atoms with van der Waals surface area (Å²) in [6.45, 7) is 2.40. The van der Waals surface area contributed by atoms with Gasteiger partial charge in [0.25, 0.3) is 0 Å². The minimum absolute atomic E-state index is 0.101. The zero-order valence-corrected chi connectivity index (χ0v) is 10.8. The summed E-state index contributed by atoms with van der Waals surface area (Å²) < 4.78 is 0. The first-order valence-electron chi connectivity index (χ1n) is 6.83. The van der Waals surface area contributed by atoms with Gasteiger partial charge >= 0.3 is 5.82 Å². The van der Waals surface area contributed by atoms with Crippen LogP contribution >= 0.6 is 0 Å². The van der Waals surface area contributed by atoms with Crippen LogP contribution in [0.25, 0.3) is 0 Å². The third-order valence-electron chi connectivity index (χ3n) is 4.13. The molecule has 0 radical (unpaired) electrons. The Hall–Kier alpha value is -1.69. The Morgan fingerprint density at radius 2 is 2.26 bits per heavy atom. The summed E-state index contributed by atoms with van der Waals surface area (Å²) >= 11 is 0. The molecule has 0 saturated carbocycles. The normalized spacial score (nSPS) is 26.9. The lowest BCUT2D eigenvalue weighted by atomic mass is 9.97. The Balaban J connectivity index is 1.60. The van der Waals surface area contributed by atoms with Gasteiger partial charge < -0.3 is 20.3 Å². The fraction of sp³-hybridized carbons (Fsp3) is 0.615. The maximum Gasteiger partial charge on any atom is 0.363 e. The second-order valence-electron chi connectivity index (χ2n) is 5.36. The second kappa shape index (κ2) is 5.13. The van der Waals surface area contributed by atoms with E-state index in [1.54, 1.807) is 12.3 Å². The van der Waals surface area contributed by atoms with Crippen LogP contribution < -0.4 is 5.32 Å². The molecular weight excluding hydrogens is 244 g/mol. The van der Waals surface area contributed by atoms with Crippen LogP contribution in [0.4, 0.5) is 11.5 Å². The third kappa shape index (κ3) is 2.68. The van der Waals surface area contributed by atoms with E-state index in [2.05, 4.69) is 15.2 Å². The summed E-state index contributed by atoms with van der Waals surface area (Å²) in [6.07, 6.45) is 6.47. The Morgan fingerprint density at radius 1 is 1.37 bits per heavy atom. The number of aromatic nitrogens is 1. The van der Waals surface area contributed by atoms with Gasteiger partial charge in [0.15, 0.2) is 6.20 Å². The lowest BCUT2D eigenvalue weighted by molar-refractivity contribution is -0.389. The van der Waals surface area contributed by atoms with E-state index >= 15 is 0 Å². The summed E-state index contributed by atoms with van der Waals surface area (Å²) in [5.74, 6) is -0.101. The van der Waals surface area contributed by atoms with Gasteiger partial charge in [-0.25, -0.2) is 0 Å². The first kappa shape index (κ1) is 12.3. The van der Waals surface area contributed by atoms with Crippen molar-refractivity contribution in [3.05, 3.63) is 28.4 Å². The van der Waals surface area contributed by atoms with Gasteiger partial charge in [0.1, 0.15) is 0 Å². The quantitative estimate of drug-likeness (QED) is 0.666. The topological polar surface area (TPSA) is 71.3 Å². The number of nitrogens with zero attached hydrogens (tertiary/aromatic N) is 3. The maximum absolute atomic E-state index is 10.5. The van der Waals surface area contributed by atoms with E-state index in [4.69, 9.17) is 0 Å². The number of nitrogens with one attached hydrogen (secondary N) is 1. The Labute approximate surface area is 112 Å². The SMILES string of the molecule is O=[N+]([O-])c1ccc(NC2CCN3CCCC3C2)cn1. The average molecular weight is 262 g/mol. The summed E-state index contributed by atoms with van der Waals surface area (Å²) in [5, 5.41) is 14.0. The van der Waals surface area contributed by atoms with Crippen LogP contribution in [-0.2, 0) is 0 Å². The third-order valence-corrected chi connectivity index (χ3v) is 4.13. The highest BCUT2D eigenvalue weighted by Crippen LogP contribution is 2.28. The monoisotopic (exact) mass is 262 g/mol. The first-order chi connectivity index (χ1) is 9.22. The van der Waals surface area contributed by atoms with Crippen molar-refractivity contribution >= 4 is 11.5 Å². The van der Waals surface area contributed by atoms with Gasteiger partial charge in [-0.2, -0.15) is 0 Å². The van der Waals surface area contributed by atoms with E-state index in [1.807, 2.05) is 0 Å². The number of pyridine rings is 1. The van der Waals surface area contributed by atoms with Crippen LogP contribution in [-0.4, -0.2) is 40.0 Å². The fourth-order valence-electron chi connectivity index (χ4n) is 3.17. The summed E-state index contributed by atoms with van der Waals surface area (Å²) in [4.78, 5) is 16.5. The number of rotatable bonds is 3.